The zero-order valence-electron chi connectivity index (χ0n) is 11.7. The number of nitrogens with zero attached hydrogens (tertiary/aromatic N) is 1. The highest BCUT2D eigenvalue weighted by molar-refractivity contribution is 5.85. The first kappa shape index (κ1) is 19.0. The first-order chi connectivity index (χ1) is 8.27. The molecular formula is C13H27Cl2N3O. The molecular weight excluding hydrogens is 285 g/mol. The Morgan fingerprint density at radius 2 is 2.11 bits per heavy atom. The second kappa shape index (κ2) is 9.81. The van der Waals surface area contributed by atoms with Crippen LogP contribution < -0.4 is 10.6 Å². The molecule has 2 N–H and O–H groups in total. The molecule has 0 saturated carbocycles. The highest BCUT2D eigenvalue weighted by atomic mass is 35.5. The fraction of sp³-hybridized carbons (Fsp3) is 0.923. The Labute approximate surface area is 128 Å². The predicted octanol–water partition coefficient (Wildman–Crippen LogP) is 1.43. The second-order valence-corrected chi connectivity index (χ2v) is 5.36. The maximum absolute atomic E-state index is 11.8. The van der Waals surface area contributed by atoms with Crippen LogP contribution in [0.5, 0.6) is 0 Å². The molecule has 2 heterocycles. The third kappa shape index (κ3) is 5.86. The van der Waals surface area contributed by atoms with Gasteiger partial charge in [0, 0.05) is 25.7 Å². The predicted molar refractivity (Wildman–Crippen MR) is 83.4 cm³/mol. The van der Waals surface area contributed by atoms with Crippen LogP contribution in [0.15, 0.2) is 0 Å². The van der Waals surface area contributed by atoms with Crippen molar-refractivity contribution < 1.29 is 4.79 Å². The lowest BCUT2D eigenvalue weighted by Crippen LogP contribution is -2.43. The number of halogens is 2. The maximum Gasteiger partial charge on any atom is 0.224 e. The zero-order valence-corrected chi connectivity index (χ0v) is 13.3. The van der Waals surface area contributed by atoms with Gasteiger partial charge in [0.1, 0.15) is 0 Å². The summed E-state index contributed by atoms with van der Waals surface area (Å²) in [5.41, 5.74) is 0. The molecule has 4 nitrogen and oxygen atoms in total. The maximum atomic E-state index is 11.8. The molecule has 2 aliphatic rings. The Kier molecular flexibility index (Phi) is 9.79. The molecule has 114 valence electrons. The van der Waals surface area contributed by atoms with Crippen LogP contribution in [0.4, 0.5) is 0 Å². The van der Waals surface area contributed by atoms with E-state index >= 15 is 0 Å². The van der Waals surface area contributed by atoms with Crippen LogP contribution in [0, 0.1) is 5.92 Å². The van der Waals surface area contributed by atoms with E-state index in [0.717, 1.165) is 32.6 Å². The van der Waals surface area contributed by atoms with E-state index < -0.39 is 0 Å². The molecule has 1 amide bonds. The third-order valence-corrected chi connectivity index (χ3v) is 4.07. The first-order valence-electron chi connectivity index (χ1n) is 7.00. The number of carbonyl (C=O) groups excluding carboxylic acids is 1. The molecule has 2 atom stereocenters. The fourth-order valence-electron chi connectivity index (χ4n) is 2.84. The quantitative estimate of drug-likeness (QED) is 0.825. The third-order valence-electron chi connectivity index (χ3n) is 4.07. The normalized spacial score (nSPS) is 27.2. The summed E-state index contributed by atoms with van der Waals surface area (Å²) in [4.78, 5) is 14.3. The van der Waals surface area contributed by atoms with Gasteiger partial charge in [-0.1, -0.05) is 6.42 Å². The Morgan fingerprint density at radius 3 is 2.74 bits per heavy atom. The number of piperidine rings is 1. The molecule has 0 aromatic carbocycles. The fourth-order valence-corrected chi connectivity index (χ4v) is 2.84. The summed E-state index contributed by atoms with van der Waals surface area (Å²) in [6.07, 6.45) is 4.97. The number of rotatable bonds is 4. The topological polar surface area (TPSA) is 44.4 Å². The van der Waals surface area contributed by atoms with E-state index in [1.807, 2.05) is 0 Å². The zero-order chi connectivity index (χ0) is 12.1. The van der Waals surface area contributed by atoms with E-state index in [-0.39, 0.29) is 36.6 Å². The second-order valence-electron chi connectivity index (χ2n) is 5.36. The van der Waals surface area contributed by atoms with E-state index in [2.05, 4.69) is 22.5 Å². The molecule has 0 bridgehead atoms. The minimum atomic E-state index is 0. The number of nitrogens with one attached hydrogen (secondary N) is 2. The molecule has 0 aliphatic carbocycles. The number of likely N-dealkylation sites (tertiary alicyclic amines) is 1. The molecule has 2 aliphatic heterocycles. The lowest BCUT2D eigenvalue weighted by molar-refractivity contribution is -0.124. The Morgan fingerprint density at radius 1 is 1.32 bits per heavy atom. The van der Waals surface area contributed by atoms with E-state index in [1.54, 1.807) is 0 Å². The van der Waals surface area contributed by atoms with E-state index in [9.17, 15) is 4.79 Å². The van der Waals surface area contributed by atoms with E-state index in [4.69, 9.17) is 0 Å². The van der Waals surface area contributed by atoms with Gasteiger partial charge in [0.25, 0.3) is 0 Å². The summed E-state index contributed by atoms with van der Waals surface area (Å²) in [6.45, 7) is 7.14. The van der Waals surface area contributed by atoms with Gasteiger partial charge in [0.2, 0.25) is 5.91 Å². The molecule has 2 unspecified atom stereocenters. The summed E-state index contributed by atoms with van der Waals surface area (Å²) >= 11 is 0. The minimum absolute atomic E-state index is 0. The smallest absolute Gasteiger partial charge is 0.224 e. The minimum Gasteiger partial charge on any atom is -0.355 e. The molecule has 19 heavy (non-hydrogen) atoms. The molecule has 0 aromatic rings. The first-order valence-corrected chi connectivity index (χ1v) is 7.00. The molecule has 2 fully saturated rings. The van der Waals surface area contributed by atoms with Gasteiger partial charge in [-0.25, -0.2) is 0 Å². The van der Waals surface area contributed by atoms with Gasteiger partial charge in [-0.2, -0.15) is 0 Å². The summed E-state index contributed by atoms with van der Waals surface area (Å²) < 4.78 is 0. The van der Waals surface area contributed by atoms with Gasteiger partial charge in [-0.15, -0.1) is 24.8 Å². The van der Waals surface area contributed by atoms with Crippen LogP contribution in [0.3, 0.4) is 0 Å². The van der Waals surface area contributed by atoms with Gasteiger partial charge in [0.05, 0.1) is 5.92 Å². The van der Waals surface area contributed by atoms with Gasteiger partial charge >= 0.3 is 0 Å². The Balaban J connectivity index is 0.00000162. The summed E-state index contributed by atoms with van der Waals surface area (Å²) in [5, 5.41) is 6.30. The van der Waals surface area contributed by atoms with Crippen LogP contribution in [0.1, 0.15) is 32.6 Å². The van der Waals surface area contributed by atoms with Crippen LogP contribution >= 0.6 is 24.8 Å². The molecule has 0 radical (unpaired) electrons. The molecule has 0 spiro atoms. The van der Waals surface area contributed by atoms with Crippen molar-refractivity contribution in [3.63, 3.8) is 0 Å². The Hall–Kier alpha value is -0.0300. The average Bonchev–Trinajstić information content (AvgIpc) is 2.85. The van der Waals surface area contributed by atoms with Crippen molar-refractivity contribution in [1.29, 1.82) is 0 Å². The number of carbonyl (C=O) groups is 1. The van der Waals surface area contributed by atoms with Crippen LogP contribution in [0.2, 0.25) is 0 Å². The van der Waals surface area contributed by atoms with Crippen LogP contribution in [-0.2, 0) is 4.79 Å². The van der Waals surface area contributed by atoms with Gasteiger partial charge in [-0.05, 0) is 39.3 Å². The lowest BCUT2D eigenvalue weighted by atomic mass is 10.0. The van der Waals surface area contributed by atoms with Crippen molar-refractivity contribution >= 4 is 30.7 Å². The van der Waals surface area contributed by atoms with Gasteiger partial charge in [0.15, 0.2) is 0 Å². The van der Waals surface area contributed by atoms with E-state index in [0.29, 0.717) is 6.04 Å². The average molecular weight is 312 g/mol. The van der Waals surface area contributed by atoms with Crippen LogP contribution in [-0.4, -0.2) is 49.6 Å². The molecule has 0 aromatic heterocycles. The SMILES string of the molecule is CC1CCCCN1CCNC(=O)C1CCNC1.Cl.Cl. The monoisotopic (exact) mass is 311 g/mol. The summed E-state index contributed by atoms with van der Waals surface area (Å²) in [5.74, 6) is 0.438. The number of hydrogen-bond acceptors (Lipinski definition) is 3. The highest BCUT2D eigenvalue weighted by Gasteiger charge is 2.22. The van der Waals surface area contributed by atoms with Crippen molar-refractivity contribution in [3.05, 3.63) is 0 Å². The van der Waals surface area contributed by atoms with Crippen molar-refractivity contribution in [2.24, 2.45) is 5.92 Å². The van der Waals surface area contributed by atoms with Crippen molar-refractivity contribution in [2.45, 2.75) is 38.6 Å². The van der Waals surface area contributed by atoms with Crippen molar-refractivity contribution in [2.75, 3.05) is 32.7 Å². The highest BCUT2D eigenvalue weighted by Crippen LogP contribution is 2.15. The Bertz CT molecular complexity index is 260. The molecule has 6 heteroatoms. The lowest BCUT2D eigenvalue weighted by Gasteiger charge is -2.33. The largest absolute Gasteiger partial charge is 0.355 e. The summed E-state index contributed by atoms with van der Waals surface area (Å²) in [7, 11) is 0. The number of amides is 1. The molecule has 2 saturated heterocycles. The van der Waals surface area contributed by atoms with Crippen molar-refractivity contribution in [1.82, 2.24) is 15.5 Å². The molecule has 2 rings (SSSR count). The number of hydrogen-bond donors (Lipinski definition) is 2. The van der Waals surface area contributed by atoms with Gasteiger partial charge in [-0.3, -0.25) is 9.69 Å². The van der Waals surface area contributed by atoms with Gasteiger partial charge < -0.3 is 10.6 Å². The van der Waals surface area contributed by atoms with Crippen LogP contribution in [0.25, 0.3) is 0 Å². The summed E-state index contributed by atoms with van der Waals surface area (Å²) in [6, 6.07) is 0.689. The standard InChI is InChI=1S/C13H25N3O.2ClH/c1-11-4-2-3-8-16(11)9-7-15-13(17)12-5-6-14-10-12;;/h11-12,14H,2-10H2,1H3,(H,15,17);2*1H. The van der Waals surface area contributed by atoms with Crippen molar-refractivity contribution in [3.8, 4) is 0 Å². The van der Waals surface area contributed by atoms with E-state index in [1.165, 1.54) is 25.8 Å².